The number of hydrogen-bond donors (Lipinski definition) is 0. The molecule has 0 aromatic carbocycles. The van der Waals surface area contributed by atoms with Crippen LogP contribution in [0.25, 0.3) is 0 Å². The summed E-state index contributed by atoms with van der Waals surface area (Å²) in [5.74, 6) is -0.00238. The number of pyridine rings is 1. The Hall–Kier alpha value is -2.34. The first kappa shape index (κ1) is 23.7. The van der Waals surface area contributed by atoms with E-state index in [-0.39, 0.29) is 28.7 Å². The van der Waals surface area contributed by atoms with Gasteiger partial charge in [-0.3, -0.25) is 4.79 Å². The minimum Gasteiger partial charge on any atom is -0.494 e. The maximum Gasteiger partial charge on any atom is 0.343 e. The van der Waals surface area contributed by atoms with Crippen LogP contribution in [0.2, 0.25) is 0 Å². The Morgan fingerprint density at radius 2 is 2.11 bits per heavy atom. The fourth-order valence-corrected chi connectivity index (χ4v) is 3.01. The number of hydrogen-bond acceptors (Lipinski definition) is 5. The molecule has 0 fully saturated rings. The van der Waals surface area contributed by atoms with Gasteiger partial charge in [-0.05, 0) is 45.9 Å². The van der Waals surface area contributed by atoms with Crippen LogP contribution in [0.3, 0.4) is 0 Å². The number of aliphatic imine (C=N–C) groups is 1. The molecule has 1 heterocycles. The normalized spacial score (nSPS) is 14.9. The van der Waals surface area contributed by atoms with Crippen molar-refractivity contribution in [3.05, 3.63) is 56.8 Å². The van der Waals surface area contributed by atoms with Crippen LogP contribution in [0.1, 0.15) is 51.4 Å². The van der Waals surface area contributed by atoms with Gasteiger partial charge in [0.15, 0.2) is 16.3 Å². The molecule has 0 N–H and O–H groups in total. The summed E-state index contributed by atoms with van der Waals surface area (Å²) in [6.07, 6.45) is 5.71. The van der Waals surface area contributed by atoms with Crippen LogP contribution in [-0.2, 0) is 15.0 Å². The van der Waals surface area contributed by atoms with E-state index in [0.717, 1.165) is 5.57 Å². The lowest BCUT2D eigenvalue weighted by atomic mass is 9.82. The molecule has 0 bridgehead atoms. The largest absolute Gasteiger partial charge is 0.494 e. The summed E-state index contributed by atoms with van der Waals surface area (Å²) in [7, 11) is 1.52. The lowest BCUT2D eigenvalue weighted by Crippen LogP contribution is -2.37. The Bertz CT molecular complexity index is 839. The molecule has 1 aromatic heterocycles. The van der Waals surface area contributed by atoms with Crippen molar-refractivity contribution >= 4 is 24.3 Å². The second-order valence-electron chi connectivity index (χ2n) is 7.05. The molecule has 154 valence electrons. The Kier molecular flexibility index (Phi) is 8.69. The molecule has 1 aromatic rings. The molecular formula is C21H29ClN2O4. The second kappa shape index (κ2) is 10.3. The number of carbonyl (C=O) groups is 1. The molecule has 1 atom stereocenters. The van der Waals surface area contributed by atoms with Crippen molar-refractivity contribution in [1.29, 1.82) is 0 Å². The van der Waals surface area contributed by atoms with Crippen molar-refractivity contribution < 1.29 is 14.3 Å². The number of carbonyl (C=O) groups excluding carboxylic acids is 1. The molecule has 0 radical (unpaired) electrons. The highest BCUT2D eigenvalue weighted by molar-refractivity contribution is 6.30. The van der Waals surface area contributed by atoms with Crippen LogP contribution in [-0.4, -0.2) is 31.0 Å². The Morgan fingerprint density at radius 1 is 1.46 bits per heavy atom. The third-order valence-electron chi connectivity index (χ3n) is 4.83. The molecule has 0 saturated carbocycles. The molecule has 0 aliphatic heterocycles. The maximum atomic E-state index is 12.1. The zero-order chi connectivity index (χ0) is 21.5. The fraction of sp³-hybridized carbons (Fsp3) is 0.476. The van der Waals surface area contributed by atoms with Crippen molar-refractivity contribution in [2.45, 2.75) is 46.6 Å². The summed E-state index contributed by atoms with van der Waals surface area (Å²) in [6.45, 7) is 13.5. The Labute approximate surface area is 171 Å². The second-order valence-corrected chi connectivity index (χ2v) is 7.41. The van der Waals surface area contributed by atoms with Crippen LogP contribution in [0.4, 0.5) is 0 Å². The molecule has 7 heteroatoms. The molecule has 0 amide bonds. The highest BCUT2D eigenvalue weighted by atomic mass is 35.5. The van der Waals surface area contributed by atoms with Gasteiger partial charge in [-0.1, -0.05) is 31.0 Å². The van der Waals surface area contributed by atoms with E-state index in [1.165, 1.54) is 13.2 Å². The first-order valence-corrected chi connectivity index (χ1v) is 9.46. The van der Waals surface area contributed by atoms with Crippen LogP contribution < -0.4 is 5.43 Å². The minimum atomic E-state index is -0.617. The van der Waals surface area contributed by atoms with Gasteiger partial charge in [0.05, 0.1) is 13.7 Å². The Morgan fingerprint density at radius 3 is 2.61 bits per heavy atom. The van der Waals surface area contributed by atoms with E-state index in [0.29, 0.717) is 12.2 Å². The molecule has 1 rings (SSSR count). The van der Waals surface area contributed by atoms with Crippen LogP contribution in [0.5, 0.6) is 0 Å². The molecule has 0 spiro atoms. The SMILES string of the molecule is C=N/C(Cl)=C(\C=C(/C)CC(C)(C(C)C)n1ccc(=O)c(C(=O)OCC)c1)OC. The molecule has 6 nitrogen and oxygen atoms in total. The van der Waals surface area contributed by atoms with Gasteiger partial charge in [-0.25, -0.2) is 9.79 Å². The van der Waals surface area contributed by atoms with Crippen molar-refractivity contribution in [3.63, 3.8) is 0 Å². The van der Waals surface area contributed by atoms with Gasteiger partial charge < -0.3 is 14.0 Å². The highest BCUT2D eigenvalue weighted by Crippen LogP contribution is 2.33. The summed E-state index contributed by atoms with van der Waals surface area (Å²) < 4.78 is 12.2. The molecular weight excluding hydrogens is 380 g/mol. The molecule has 28 heavy (non-hydrogen) atoms. The van der Waals surface area contributed by atoms with Gasteiger partial charge in [0.25, 0.3) is 0 Å². The van der Waals surface area contributed by atoms with E-state index in [1.54, 1.807) is 19.3 Å². The van der Waals surface area contributed by atoms with Crippen molar-refractivity contribution in [2.24, 2.45) is 10.9 Å². The van der Waals surface area contributed by atoms with Crippen molar-refractivity contribution in [3.8, 4) is 0 Å². The highest BCUT2D eigenvalue weighted by Gasteiger charge is 2.31. The van der Waals surface area contributed by atoms with E-state index in [4.69, 9.17) is 21.1 Å². The van der Waals surface area contributed by atoms with Crippen LogP contribution in [0, 0.1) is 5.92 Å². The van der Waals surface area contributed by atoms with Crippen LogP contribution >= 0.6 is 11.6 Å². The van der Waals surface area contributed by atoms with Crippen LogP contribution in [0.15, 0.2) is 50.8 Å². The first-order valence-electron chi connectivity index (χ1n) is 9.08. The van der Waals surface area contributed by atoms with E-state index in [9.17, 15) is 9.59 Å². The van der Waals surface area contributed by atoms with Gasteiger partial charge >= 0.3 is 5.97 Å². The van der Waals surface area contributed by atoms with E-state index in [1.807, 2.05) is 17.6 Å². The fourth-order valence-electron chi connectivity index (χ4n) is 2.88. The van der Waals surface area contributed by atoms with Crippen molar-refractivity contribution in [2.75, 3.05) is 13.7 Å². The molecule has 1 unspecified atom stereocenters. The Balaban J connectivity index is 3.40. The zero-order valence-electron chi connectivity index (χ0n) is 17.4. The third-order valence-corrected chi connectivity index (χ3v) is 5.13. The summed E-state index contributed by atoms with van der Waals surface area (Å²) in [4.78, 5) is 27.9. The van der Waals surface area contributed by atoms with Gasteiger partial charge in [0.1, 0.15) is 5.56 Å². The molecule has 0 aliphatic carbocycles. The quantitative estimate of drug-likeness (QED) is 0.198. The van der Waals surface area contributed by atoms with E-state index in [2.05, 4.69) is 32.5 Å². The lowest BCUT2D eigenvalue weighted by molar-refractivity contribution is 0.0522. The lowest BCUT2D eigenvalue weighted by Gasteiger charge is -2.37. The minimum absolute atomic E-state index is 0.0224. The number of halogens is 1. The number of allylic oxidation sites excluding steroid dienone is 2. The summed E-state index contributed by atoms with van der Waals surface area (Å²) in [5, 5.41) is 0.182. The summed E-state index contributed by atoms with van der Waals surface area (Å²) in [6, 6.07) is 1.39. The number of esters is 1. The first-order chi connectivity index (χ1) is 13.1. The topological polar surface area (TPSA) is 69.9 Å². The average Bonchev–Trinajstić information content (AvgIpc) is 2.65. The third kappa shape index (κ3) is 5.58. The average molecular weight is 409 g/mol. The maximum absolute atomic E-state index is 12.1. The van der Waals surface area contributed by atoms with E-state index >= 15 is 0 Å². The number of aromatic nitrogens is 1. The zero-order valence-corrected chi connectivity index (χ0v) is 18.2. The smallest absolute Gasteiger partial charge is 0.343 e. The van der Waals surface area contributed by atoms with Gasteiger partial charge in [0, 0.05) is 24.0 Å². The van der Waals surface area contributed by atoms with Gasteiger partial charge in [-0.2, -0.15) is 0 Å². The summed E-state index contributed by atoms with van der Waals surface area (Å²) in [5.41, 5.74) is 0.240. The predicted octanol–water partition coefficient (Wildman–Crippen LogP) is 4.49. The number of rotatable bonds is 9. The molecule has 0 aliphatic rings. The van der Waals surface area contributed by atoms with E-state index < -0.39 is 11.5 Å². The standard InChI is InChI=1S/C21H29ClN2O4/c1-8-28-20(26)16-13-24(10-9-17(16)25)21(5,14(2)3)12-15(4)11-18(27-7)19(22)23-6/h9-11,13-14H,6,8,12H2,1-5,7H3/b15-11+,19-18+. The number of nitrogens with zero attached hydrogens (tertiary/aromatic N) is 2. The number of ether oxygens (including phenoxy) is 2. The monoisotopic (exact) mass is 408 g/mol. The van der Waals surface area contributed by atoms with Crippen molar-refractivity contribution in [1.82, 2.24) is 4.57 Å². The van der Waals surface area contributed by atoms with Gasteiger partial charge in [0.2, 0.25) is 0 Å². The number of methoxy groups -OCH3 is 1. The predicted molar refractivity (Wildman–Crippen MR) is 113 cm³/mol. The summed E-state index contributed by atoms with van der Waals surface area (Å²) >= 11 is 6.02. The molecule has 0 saturated heterocycles. The van der Waals surface area contributed by atoms with Gasteiger partial charge in [-0.15, -0.1) is 0 Å².